The van der Waals surface area contributed by atoms with E-state index in [4.69, 9.17) is 15.2 Å². The maximum absolute atomic E-state index is 11.6. The number of morpholine rings is 1. The van der Waals surface area contributed by atoms with Crippen LogP contribution in [-0.4, -0.2) is 253 Å². The number of hydrogen-bond acceptors (Lipinski definition) is 13. The monoisotopic (exact) mass is 1250 g/mol. The van der Waals surface area contributed by atoms with Gasteiger partial charge in [-0.3, -0.25) is 14.7 Å². The molecule has 8 heterocycles. The Morgan fingerprint density at radius 3 is 0.875 bits per heavy atom. The Kier molecular flexibility index (Phi) is 43.6. The lowest BCUT2D eigenvalue weighted by molar-refractivity contribution is 0.0238. The maximum Gasteiger partial charge on any atom is 0.407 e. The number of likely N-dealkylation sites (tertiary alicyclic amines) is 6. The van der Waals surface area contributed by atoms with Gasteiger partial charge >= 0.3 is 6.09 Å². The van der Waals surface area contributed by atoms with Gasteiger partial charge in [0.2, 0.25) is 0 Å². The molecular formula is C74H157N11O3. The number of piperazine rings is 1. The van der Waals surface area contributed by atoms with E-state index in [1.807, 2.05) is 20.8 Å². The number of ether oxygens (including phenoxy) is 2. The van der Waals surface area contributed by atoms with E-state index in [-0.39, 0.29) is 12.1 Å². The molecular weight excluding hydrogens is 1090 g/mol. The van der Waals surface area contributed by atoms with E-state index < -0.39 is 5.60 Å². The number of piperidine rings is 5. The van der Waals surface area contributed by atoms with E-state index in [0.29, 0.717) is 29.6 Å². The molecule has 0 aliphatic carbocycles. The van der Waals surface area contributed by atoms with Crippen LogP contribution in [0, 0.1) is 23.2 Å². The van der Waals surface area contributed by atoms with Crippen LogP contribution in [0.1, 0.15) is 251 Å². The van der Waals surface area contributed by atoms with Crippen molar-refractivity contribution in [2.45, 2.75) is 323 Å². The number of alkyl carbamates (subject to hydrolysis) is 1. The van der Waals surface area contributed by atoms with Gasteiger partial charge in [0.05, 0.1) is 13.2 Å². The Bertz CT molecular complexity index is 1530. The van der Waals surface area contributed by atoms with E-state index in [1.165, 1.54) is 149 Å². The van der Waals surface area contributed by atoms with Crippen molar-refractivity contribution < 1.29 is 14.3 Å². The second-order valence-corrected chi connectivity index (χ2v) is 32.4. The Balaban J connectivity index is 0.000000507. The summed E-state index contributed by atoms with van der Waals surface area (Å²) >= 11 is 0. The SMILES string of the molecule is CC(C)N1CCC(C)(C)C1.CC(C)N1CCC(N)CC1.CC(C)N1CCC(NC(=O)OC(C)(C)C)CC1.CC(C)N1CCN(C(C)C)CC1.CC(C)N1CCOCC1.CC1CCN(C(C)C)CC1.CC1CCN(C(C)C)CC1.CC1CCN(C(C)C)CC1. The first-order valence-electron chi connectivity index (χ1n) is 37.0. The third kappa shape index (κ3) is 39.5. The zero-order chi connectivity index (χ0) is 66.9. The zero-order valence-corrected chi connectivity index (χ0v) is 63.8. The van der Waals surface area contributed by atoms with Crippen molar-refractivity contribution in [3.63, 3.8) is 0 Å². The molecule has 0 radical (unpaired) electrons. The summed E-state index contributed by atoms with van der Waals surface area (Å²) in [6, 6.07) is 7.17. The van der Waals surface area contributed by atoms with Crippen molar-refractivity contribution in [1.82, 2.24) is 49.4 Å². The predicted octanol–water partition coefficient (Wildman–Crippen LogP) is 13.9. The minimum absolute atomic E-state index is 0.264. The van der Waals surface area contributed by atoms with Gasteiger partial charge in [0.1, 0.15) is 5.60 Å². The van der Waals surface area contributed by atoms with Gasteiger partial charge in [0.25, 0.3) is 0 Å². The Labute approximate surface area is 549 Å². The number of nitrogens with two attached hydrogens (primary N) is 1. The molecule has 14 heteroatoms. The molecule has 8 aliphatic rings. The molecule has 8 saturated heterocycles. The molecule has 526 valence electrons. The summed E-state index contributed by atoms with van der Waals surface area (Å²) in [5, 5.41) is 2.95. The molecule has 0 spiro atoms. The van der Waals surface area contributed by atoms with Crippen LogP contribution in [0.25, 0.3) is 0 Å². The average molecular weight is 1250 g/mol. The fourth-order valence-electron chi connectivity index (χ4n) is 12.6. The number of rotatable bonds is 10. The largest absolute Gasteiger partial charge is 0.444 e. The Hall–Kier alpha value is -1.17. The molecule has 8 fully saturated rings. The van der Waals surface area contributed by atoms with Crippen LogP contribution in [0.5, 0.6) is 0 Å². The summed E-state index contributed by atoms with van der Waals surface area (Å²) in [6.45, 7) is 82.2. The molecule has 8 aliphatic heterocycles. The number of amides is 1. The second kappa shape index (κ2) is 45.3. The number of nitrogens with one attached hydrogen (secondary N) is 1. The summed E-state index contributed by atoms with van der Waals surface area (Å²) in [4.78, 5) is 34.3. The van der Waals surface area contributed by atoms with E-state index in [1.54, 1.807) is 0 Å². The van der Waals surface area contributed by atoms with Crippen LogP contribution in [0.2, 0.25) is 0 Å². The third-order valence-electron chi connectivity index (χ3n) is 20.0. The third-order valence-corrected chi connectivity index (χ3v) is 20.0. The van der Waals surface area contributed by atoms with Crippen molar-refractivity contribution in [2.75, 3.05) is 131 Å². The molecule has 0 bridgehead atoms. The summed E-state index contributed by atoms with van der Waals surface area (Å²) in [5.41, 5.74) is 5.93. The molecule has 3 N–H and O–H groups in total. The van der Waals surface area contributed by atoms with E-state index in [0.717, 1.165) is 106 Å². The predicted molar refractivity (Wildman–Crippen MR) is 384 cm³/mol. The van der Waals surface area contributed by atoms with Crippen LogP contribution in [-0.2, 0) is 9.47 Å². The summed E-state index contributed by atoms with van der Waals surface area (Å²) < 4.78 is 10.5. The van der Waals surface area contributed by atoms with Gasteiger partial charge in [-0.1, -0.05) is 34.6 Å². The van der Waals surface area contributed by atoms with Crippen LogP contribution in [0.4, 0.5) is 4.79 Å². The van der Waals surface area contributed by atoms with Crippen molar-refractivity contribution in [2.24, 2.45) is 28.9 Å². The van der Waals surface area contributed by atoms with Gasteiger partial charge < -0.3 is 49.9 Å². The quantitative estimate of drug-likeness (QED) is 0.217. The number of nitrogens with zero attached hydrogens (tertiary/aromatic N) is 9. The van der Waals surface area contributed by atoms with Crippen molar-refractivity contribution in [1.29, 1.82) is 0 Å². The molecule has 88 heavy (non-hydrogen) atoms. The molecule has 0 saturated carbocycles. The lowest BCUT2D eigenvalue weighted by Crippen LogP contribution is -2.50. The molecule has 8 rings (SSSR count). The first-order valence-corrected chi connectivity index (χ1v) is 37.0. The number of carbonyl (C=O) groups excluding carboxylic acids is 1. The molecule has 14 nitrogen and oxygen atoms in total. The minimum atomic E-state index is -0.414. The Morgan fingerprint density at radius 1 is 0.398 bits per heavy atom. The number of carbonyl (C=O) groups is 1. The molecule has 0 unspecified atom stereocenters. The minimum Gasteiger partial charge on any atom is -0.444 e. The molecule has 0 aromatic rings. The van der Waals surface area contributed by atoms with Crippen LogP contribution in [0.15, 0.2) is 0 Å². The highest BCUT2D eigenvalue weighted by atomic mass is 16.6. The summed E-state index contributed by atoms with van der Waals surface area (Å²) in [6.07, 6.45) is 13.9. The lowest BCUT2D eigenvalue weighted by Gasteiger charge is -2.38. The van der Waals surface area contributed by atoms with Gasteiger partial charge in [-0.15, -0.1) is 0 Å². The normalized spacial score (nSPS) is 23.0. The molecule has 1 amide bonds. The van der Waals surface area contributed by atoms with Crippen LogP contribution < -0.4 is 11.1 Å². The maximum atomic E-state index is 11.6. The van der Waals surface area contributed by atoms with Crippen LogP contribution in [0.3, 0.4) is 0 Å². The van der Waals surface area contributed by atoms with E-state index in [2.05, 4.69) is 209 Å². The smallest absolute Gasteiger partial charge is 0.407 e. The number of hydrogen-bond donors (Lipinski definition) is 2. The highest BCUT2D eigenvalue weighted by molar-refractivity contribution is 5.68. The average Bonchev–Trinajstić information content (AvgIpc) is 4.07. The van der Waals surface area contributed by atoms with Gasteiger partial charge in [-0.05, 0) is 298 Å². The van der Waals surface area contributed by atoms with Gasteiger partial charge in [-0.2, -0.15) is 0 Å². The fourth-order valence-corrected chi connectivity index (χ4v) is 12.6. The lowest BCUT2D eigenvalue weighted by atomic mass is 9.93. The first-order chi connectivity index (χ1) is 41.0. The molecule has 0 aromatic carbocycles. The van der Waals surface area contributed by atoms with Crippen molar-refractivity contribution in [3.05, 3.63) is 0 Å². The molecule has 0 atom stereocenters. The van der Waals surface area contributed by atoms with E-state index in [9.17, 15) is 4.79 Å². The van der Waals surface area contributed by atoms with Gasteiger partial charge in [-0.25, -0.2) is 4.79 Å². The highest BCUT2D eigenvalue weighted by Gasteiger charge is 2.30. The highest BCUT2D eigenvalue weighted by Crippen LogP contribution is 2.30. The fraction of sp³-hybridized carbons (Fsp3) is 0.986. The summed E-state index contributed by atoms with van der Waals surface area (Å²) in [5.74, 6) is 2.90. The topological polar surface area (TPSA) is 103 Å². The first kappa shape index (κ1) is 84.8. The zero-order valence-electron chi connectivity index (χ0n) is 63.8. The standard InChI is InChI=1S/C13H26N2O2.C10H22N2.4C9H19N.C8H18N2.C7H15NO/c1-10(2)15-8-6-11(7-9-15)14-12(16)17-13(3,4)5;1-9(2)11-5-7-12(8-6-11)10(3)4;1-8(2)10-6-5-9(3,4)7-10;3*1-8(2)10-6-4-9(3)5-7-10;1-7(2)10-5-3-8(9)4-6-10;1-7(2)8-3-5-9-6-4-8/h10-11H,6-9H2,1-5H3,(H,14,16);9-10H,5-8H2,1-4H3;8H,5-7H2,1-4H3;3*8-9H,4-7H2,1-3H3;7-8H,3-6,9H2,1-2H3;7H,3-6H2,1-2H3. The van der Waals surface area contributed by atoms with E-state index >= 15 is 0 Å². The second-order valence-electron chi connectivity index (χ2n) is 32.4. The van der Waals surface area contributed by atoms with Gasteiger partial charge in [0, 0.05) is 125 Å². The van der Waals surface area contributed by atoms with Crippen LogP contribution >= 0.6 is 0 Å². The van der Waals surface area contributed by atoms with Crippen molar-refractivity contribution in [3.8, 4) is 0 Å². The Morgan fingerprint density at radius 2 is 0.648 bits per heavy atom. The molecule has 0 aromatic heterocycles. The van der Waals surface area contributed by atoms with Crippen molar-refractivity contribution >= 4 is 6.09 Å². The van der Waals surface area contributed by atoms with Gasteiger partial charge in [0.15, 0.2) is 0 Å². The summed E-state index contributed by atoms with van der Waals surface area (Å²) in [7, 11) is 0.